The Morgan fingerprint density at radius 1 is 1.38 bits per heavy atom. The molecule has 0 aromatic carbocycles. The summed E-state index contributed by atoms with van der Waals surface area (Å²) < 4.78 is 2.03. The summed E-state index contributed by atoms with van der Waals surface area (Å²) in [7, 11) is 0. The van der Waals surface area contributed by atoms with Crippen LogP contribution in [-0.2, 0) is 10.5 Å². The normalized spacial score (nSPS) is 21.4. The standard InChI is InChI=1S/C18H25N3O2S/c1-13-3-6-17-19-16(9-20(17)7-13)11-24-12-18(23)21-8-15(10-22)5-4-14(21)2/h3,6-7,9,14-15,22H,4-5,8,10-12H2,1-2H3. The van der Waals surface area contributed by atoms with Gasteiger partial charge >= 0.3 is 0 Å². The van der Waals surface area contributed by atoms with Crippen LogP contribution >= 0.6 is 11.8 Å². The smallest absolute Gasteiger partial charge is 0.232 e. The van der Waals surface area contributed by atoms with Crippen molar-refractivity contribution in [2.24, 2.45) is 5.92 Å². The lowest BCUT2D eigenvalue weighted by atomic mass is 9.94. The molecule has 24 heavy (non-hydrogen) atoms. The molecule has 2 atom stereocenters. The Morgan fingerprint density at radius 2 is 2.21 bits per heavy atom. The number of piperidine rings is 1. The summed E-state index contributed by atoms with van der Waals surface area (Å²) in [6.45, 7) is 5.02. The molecule has 1 fully saturated rings. The number of pyridine rings is 1. The molecule has 3 heterocycles. The molecule has 2 aromatic rings. The molecule has 0 bridgehead atoms. The fraction of sp³-hybridized carbons (Fsp3) is 0.556. The third-order valence-electron chi connectivity index (χ3n) is 4.68. The summed E-state index contributed by atoms with van der Waals surface area (Å²) in [5.74, 6) is 1.61. The number of aromatic nitrogens is 2. The van der Waals surface area contributed by atoms with Crippen molar-refractivity contribution in [1.82, 2.24) is 14.3 Å². The van der Waals surface area contributed by atoms with Gasteiger partial charge in [0.2, 0.25) is 5.91 Å². The van der Waals surface area contributed by atoms with Crippen molar-refractivity contribution in [3.8, 4) is 0 Å². The van der Waals surface area contributed by atoms with Gasteiger partial charge < -0.3 is 14.4 Å². The van der Waals surface area contributed by atoms with Crippen LogP contribution in [0.3, 0.4) is 0 Å². The molecule has 5 nitrogen and oxygen atoms in total. The Labute approximate surface area is 147 Å². The Morgan fingerprint density at radius 3 is 3.00 bits per heavy atom. The van der Waals surface area contributed by atoms with Crippen LogP contribution in [0, 0.1) is 12.8 Å². The predicted molar refractivity (Wildman–Crippen MR) is 97.1 cm³/mol. The Kier molecular flexibility index (Phi) is 5.46. The SMILES string of the molecule is Cc1ccc2nc(CSCC(=O)N3CC(CO)CCC3C)cn2c1. The van der Waals surface area contributed by atoms with E-state index in [-0.39, 0.29) is 24.5 Å². The number of thioether (sulfide) groups is 1. The van der Waals surface area contributed by atoms with Gasteiger partial charge in [0.25, 0.3) is 0 Å². The van der Waals surface area contributed by atoms with E-state index in [2.05, 4.69) is 31.1 Å². The molecule has 2 aromatic heterocycles. The average molecular weight is 347 g/mol. The number of amides is 1. The zero-order chi connectivity index (χ0) is 17.1. The summed E-state index contributed by atoms with van der Waals surface area (Å²) in [6.07, 6.45) is 6.08. The Bertz CT molecular complexity index is 715. The van der Waals surface area contributed by atoms with E-state index in [1.165, 1.54) is 5.56 Å². The van der Waals surface area contributed by atoms with Gasteiger partial charge in [-0.05, 0) is 44.2 Å². The topological polar surface area (TPSA) is 57.8 Å². The molecule has 2 unspecified atom stereocenters. The molecule has 0 aliphatic carbocycles. The van der Waals surface area contributed by atoms with Crippen molar-refractivity contribution in [2.45, 2.75) is 38.5 Å². The van der Waals surface area contributed by atoms with E-state index in [1.54, 1.807) is 11.8 Å². The summed E-state index contributed by atoms with van der Waals surface area (Å²) in [4.78, 5) is 19.0. The van der Waals surface area contributed by atoms with Gasteiger partial charge in [0.15, 0.2) is 0 Å². The maximum Gasteiger partial charge on any atom is 0.232 e. The minimum atomic E-state index is 0.171. The number of fused-ring (bicyclic) bond motifs is 1. The van der Waals surface area contributed by atoms with E-state index in [4.69, 9.17) is 0 Å². The lowest BCUT2D eigenvalue weighted by Gasteiger charge is -2.37. The molecule has 3 rings (SSSR count). The number of hydrogen-bond donors (Lipinski definition) is 1. The van der Waals surface area contributed by atoms with Crippen molar-refractivity contribution in [1.29, 1.82) is 0 Å². The van der Waals surface area contributed by atoms with Crippen LogP contribution in [0.1, 0.15) is 31.0 Å². The molecule has 0 spiro atoms. The minimum absolute atomic E-state index is 0.171. The summed E-state index contributed by atoms with van der Waals surface area (Å²) in [6, 6.07) is 4.34. The van der Waals surface area contributed by atoms with Crippen molar-refractivity contribution < 1.29 is 9.90 Å². The number of imidazole rings is 1. The van der Waals surface area contributed by atoms with E-state index in [1.807, 2.05) is 21.6 Å². The number of rotatable bonds is 5. The molecule has 1 aliphatic rings. The van der Waals surface area contributed by atoms with Crippen LogP contribution in [0.15, 0.2) is 24.5 Å². The monoisotopic (exact) mass is 347 g/mol. The van der Waals surface area contributed by atoms with Gasteiger partial charge in [-0.3, -0.25) is 4.79 Å². The molecular formula is C18H25N3O2S. The van der Waals surface area contributed by atoms with E-state index in [0.717, 1.165) is 29.9 Å². The number of carbonyl (C=O) groups is 1. The number of aliphatic hydroxyl groups excluding tert-OH is 1. The van der Waals surface area contributed by atoms with Gasteiger partial charge in [-0.2, -0.15) is 0 Å². The minimum Gasteiger partial charge on any atom is -0.396 e. The van der Waals surface area contributed by atoms with Gasteiger partial charge in [0.1, 0.15) is 5.65 Å². The highest BCUT2D eigenvalue weighted by Gasteiger charge is 2.28. The summed E-state index contributed by atoms with van der Waals surface area (Å²) in [5.41, 5.74) is 3.14. The van der Waals surface area contributed by atoms with Gasteiger partial charge in [-0.25, -0.2) is 4.98 Å². The van der Waals surface area contributed by atoms with Gasteiger partial charge in [-0.15, -0.1) is 11.8 Å². The third-order valence-corrected chi connectivity index (χ3v) is 5.63. The van der Waals surface area contributed by atoms with Crippen LogP contribution in [0.2, 0.25) is 0 Å². The molecule has 1 aliphatic heterocycles. The summed E-state index contributed by atoms with van der Waals surface area (Å²) >= 11 is 1.61. The van der Waals surface area contributed by atoms with E-state index in [0.29, 0.717) is 12.3 Å². The zero-order valence-electron chi connectivity index (χ0n) is 14.3. The highest BCUT2D eigenvalue weighted by molar-refractivity contribution is 7.99. The molecule has 130 valence electrons. The number of aryl methyl sites for hydroxylation is 1. The molecule has 0 saturated carbocycles. The maximum absolute atomic E-state index is 12.5. The van der Waals surface area contributed by atoms with Crippen molar-refractivity contribution >= 4 is 23.3 Å². The molecule has 1 saturated heterocycles. The lowest BCUT2D eigenvalue weighted by Crippen LogP contribution is -2.47. The van der Waals surface area contributed by atoms with Crippen molar-refractivity contribution in [2.75, 3.05) is 18.9 Å². The first kappa shape index (κ1) is 17.3. The zero-order valence-corrected chi connectivity index (χ0v) is 15.1. The lowest BCUT2D eigenvalue weighted by molar-refractivity contribution is -0.133. The fourth-order valence-corrected chi connectivity index (χ4v) is 4.02. The van der Waals surface area contributed by atoms with Crippen LogP contribution in [0.5, 0.6) is 0 Å². The first-order chi connectivity index (χ1) is 11.6. The largest absolute Gasteiger partial charge is 0.396 e. The second-order valence-electron chi connectivity index (χ2n) is 6.72. The maximum atomic E-state index is 12.5. The number of aliphatic hydroxyl groups is 1. The van der Waals surface area contributed by atoms with Crippen molar-refractivity contribution in [3.63, 3.8) is 0 Å². The first-order valence-corrected chi connectivity index (χ1v) is 9.64. The van der Waals surface area contributed by atoms with Crippen molar-refractivity contribution in [3.05, 3.63) is 35.8 Å². The highest BCUT2D eigenvalue weighted by Crippen LogP contribution is 2.23. The van der Waals surface area contributed by atoms with Crippen LogP contribution in [0.25, 0.3) is 5.65 Å². The number of likely N-dealkylation sites (tertiary alicyclic amines) is 1. The van der Waals surface area contributed by atoms with E-state index in [9.17, 15) is 9.90 Å². The number of carbonyl (C=O) groups excluding carboxylic acids is 1. The van der Waals surface area contributed by atoms with Crippen LogP contribution in [0.4, 0.5) is 0 Å². The summed E-state index contributed by atoms with van der Waals surface area (Å²) in [5, 5.41) is 9.34. The van der Waals surface area contributed by atoms with E-state index < -0.39 is 0 Å². The quantitative estimate of drug-likeness (QED) is 0.903. The molecule has 6 heteroatoms. The van der Waals surface area contributed by atoms with Crippen LogP contribution < -0.4 is 0 Å². The van der Waals surface area contributed by atoms with Gasteiger partial charge in [0, 0.05) is 37.3 Å². The molecule has 1 N–H and O–H groups in total. The Balaban J connectivity index is 1.53. The average Bonchev–Trinajstić information content (AvgIpc) is 2.97. The first-order valence-electron chi connectivity index (χ1n) is 8.49. The van der Waals surface area contributed by atoms with Crippen LogP contribution in [-0.4, -0.2) is 50.2 Å². The second kappa shape index (κ2) is 7.57. The third kappa shape index (κ3) is 3.92. The molecule has 0 radical (unpaired) electrons. The Hall–Kier alpha value is -1.53. The number of nitrogens with zero attached hydrogens (tertiary/aromatic N) is 3. The number of hydrogen-bond acceptors (Lipinski definition) is 4. The van der Waals surface area contributed by atoms with Gasteiger partial charge in [0.05, 0.1) is 11.4 Å². The van der Waals surface area contributed by atoms with E-state index >= 15 is 0 Å². The predicted octanol–water partition coefficient (Wildman–Crippen LogP) is 2.50. The highest BCUT2D eigenvalue weighted by atomic mass is 32.2. The molecular weight excluding hydrogens is 322 g/mol. The fourth-order valence-electron chi connectivity index (χ4n) is 3.23. The van der Waals surface area contributed by atoms with Gasteiger partial charge in [-0.1, -0.05) is 6.07 Å². The second-order valence-corrected chi connectivity index (χ2v) is 7.70. The molecule has 1 amide bonds.